The van der Waals surface area contributed by atoms with Crippen LogP contribution >= 0.6 is 0 Å². The molecule has 1 radical (unpaired) electrons. The molecule has 0 fully saturated rings. The van der Waals surface area contributed by atoms with E-state index in [1.165, 1.54) is 6.07 Å². The minimum absolute atomic E-state index is 0.128. The second-order valence-electron chi connectivity index (χ2n) is 5.25. The predicted molar refractivity (Wildman–Crippen MR) is 92.9 cm³/mol. The molecule has 0 saturated heterocycles. The molecule has 0 bridgehead atoms. The van der Waals surface area contributed by atoms with Crippen LogP contribution < -0.4 is 15.8 Å². The molecule has 0 aliphatic heterocycles. The Hall–Kier alpha value is -2.45. The van der Waals surface area contributed by atoms with E-state index in [2.05, 4.69) is 10.0 Å². The first-order valence-corrected chi connectivity index (χ1v) is 8.88. The maximum Gasteiger partial charge on any atom is 0.241 e. The molecule has 2 rings (SSSR count). The fraction of sp³-hybridized carbons (Fsp3) is 0.250. The maximum absolute atomic E-state index is 12.6. The largest absolute Gasteiger partial charge is 0.370 e. The second kappa shape index (κ2) is 7.89. The van der Waals surface area contributed by atoms with Crippen molar-refractivity contribution in [2.45, 2.75) is 23.8 Å². The van der Waals surface area contributed by atoms with Crippen LogP contribution in [0.15, 0.2) is 47.4 Å². The molecule has 0 saturated carbocycles. The van der Waals surface area contributed by atoms with Gasteiger partial charge < -0.3 is 11.1 Å². The summed E-state index contributed by atoms with van der Waals surface area (Å²) >= 11 is 0. The smallest absolute Gasteiger partial charge is 0.241 e. The number of guanidine groups is 1. The van der Waals surface area contributed by atoms with Crippen molar-refractivity contribution in [3.63, 3.8) is 0 Å². The Morgan fingerprint density at radius 2 is 1.92 bits per heavy atom. The average Bonchev–Trinajstić information content (AvgIpc) is 2.56. The standard InChI is InChI=1S/C16H19N4O3S/c17-16(18)19-10-4-7-13(11-21)20-24(22,23)15-9-3-6-12-5-1-2-8-14(12)15/h1-3,5-6,8-9,13,20H,4,7,10H2,(H4,17,18,19)/t13-/m0/s1. The molecule has 1 atom stereocenters. The van der Waals surface area contributed by atoms with Crippen molar-refractivity contribution in [1.29, 1.82) is 5.41 Å². The van der Waals surface area contributed by atoms with E-state index in [1.54, 1.807) is 24.5 Å². The Balaban J connectivity index is 2.13. The zero-order chi connectivity index (χ0) is 17.6. The fourth-order valence-electron chi connectivity index (χ4n) is 2.35. The number of rotatable bonds is 8. The fourth-order valence-corrected chi connectivity index (χ4v) is 3.75. The van der Waals surface area contributed by atoms with Gasteiger partial charge in [0.1, 0.15) is 0 Å². The zero-order valence-corrected chi connectivity index (χ0v) is 13.8. The van der Waals surface area contributed by atoms with Crippen LogP contribution in [0.2, 0.25) is 0 Å². The Bertz CT molecular complexity index is 831. The summed E-state index contributed by atoms with van der Waals surface area (Å²) in [6.07, 6.45) is 2.44. The second-order valence-corrected chi connectivity index (χ2v) is 6.93. The van der Waals surface area contributed by atoms with Crippen molar-refractivity contribution in [1.82, 2.24) is 10.0 Å². The maximum atomic E-state index is 12.6. The summed E-state index contributed by atoms with van der Waals surface area (Å²) in [5.41, 5.74) is 5.16. The van der Waals surface area contributed by atoms with E-state index in [4.69, 9.17) is 11.1 Å². The van der Waals surface area contributed by atoms with Gasteiger partial charge in [0.15, 0.2) is 5.96 Å². The van der Waals surface area contributed by atoms with Crippen LogP contribution in [-0.4, -0.2) is 33.3 Å². The quantitative estimate of drug-likeness (QED) is 0.320. The molecule has 0 heterocycles. The van der Waals surface area contributed by atoms with Crippen molar-refractivity contribution in [3.8, 4) is 0 Å². The highest BCUT2D eigenvalue weighted by Gasteiger charge is 2.22. The van der Waals surface area contributed by atoms with Crippen LogP contribution in [0.3, 0.4) is 0 Å². The summed E-state index contributed by atoms with van der Waals surface area (Å²) in [5.74, 6) is -0.169. The van der Waals surface area contributed by atoms with Crippen molar-refractivity contribution in [2.24, 2.45) is 5.73 Å². The first kappa shape index (κ1) is 17.9. The SMILES string of the molecule is N=C(N)NCCC[C@@H]([C]=O)NS(=O)(=O)c1cccc2ccccc12. The van der Waals surface area contributed by atoms with Crippen LogP contribution in [-0.2, 0) is 14.8 Å². The number of hydrogen-bond donors (Lipinski definition) is 4. The number of benzene rings is 2. The minimum Gasteiger partial charge on any atom is -0.370 e. The molecule has 0 spiro atoms. The zero-order valence-electron chi connectivity index (χ0n) is 13.0. The van der Waals surface area contributed by atoms with Crippen molar-refractivity contribution >= 4 is 33.0 Å². The highest BCUT2D eigenvalue weighted by atomic mass is 32.2. The first-order chi connectivity index (χ1) is 11.4. The van der Waals surface area contributed by atoms with Crippen molar-refractivity contribution in [3.05, 3.63) is 42.5 Å². The molecule has 0 aromatic heterocycles. The van der Waals surface area contributed by atoms with Crippen LogP contribution in [0.25, 0.3) is 10.8 Å². The van der Waals surface area contributed by atoms with Gasteiger partial charge in [0.2, 0.25) is 16.3 Å². The van der Waals surface area contributed by atoms with Gasteiger partial charge in [-0.2, -0.15) is 0 Å². The number of sulfonamides is 1. The Kier molecular flexibility index (Phi) is 5.88. The molecule has 0 aliphatic rings. The monoisotopic (exact) mass is 347 g/mol. The average molecular weight is 347 g/mol. The number of nitrogens with two attached hydrogens (primary N) is 1. The normalized spacial score (nSPS) is 12.7. The van der Waals surface area contributed by atoms with Crippen molar-refractivity contribution < 1.29 is 13.2 Å². The minimum atomic E-state index is -3.85. The van der Waals surface area contributed by atoms with Crippen LogP contribution in [0.4, 0.5) is 0 Å². The molecule has 24 heavy (non-hydrogen) atoms. The Morgan fingerprint density at radius 3 is 2.62 bits per heavy atom. The molecule has 8 heteroatoms. The van der Waals surface area contributed by atoms with Crippen molar-refractivity contribution in [2.75, 3.05) is 6.54 Å². The summed E-state index contributed by atoms with van der Waals surface area (Å²) in [6.45, 7) is 0.378. The summed E-state index contributed by atoms with van der Waals surface area (Å²) in [5, 5.41) is 11.0. The summed E-state index contributed by atoms with van der Waals surface area (Å²) in [6, 6.07) is 11.2. The topological polar surface area (TPSA) is 125 Å². The third-order valence-corrected chi connectivity index (χ3v) is 4.99. The van der Waals surface area contributed by atoms with Gasteiger partial charge in [0.25, 0.3) is 0 Å². The van der Waals surface area contributed by atoms with Crippen LogP contribution in [0.1, 0.15) is 12.8 Å². The molecule has 0 aliphatic carbocycles. The lowest BCUT2D eigenvalue weighted by Gasteiger charge is -2.14. The van der Waals surface area contributed by atoms with Gasteiger partial charge in [-0.3, -0.25) is 10.2 Å². The molecule has 0 unspecified atom stereocenters. The van der Waals surface area contributed by atoms with Crippen LogP contribution in [0.5, 0.6) is 0 Å². The van der Waals surface area contributed by atoms with Crippen LogP contribution in [0, 0.1) is 5.41 Å². The summed E-state index contributed by atoms with van der Waals surface area (Å²) in [4.78, 5) is 11.2. The first-order valence-electron chi connectivity index (χ1n) is 7.39. The van der Waals surface area contributed by atoms with E-state index >= 15 is 0 Å². The third-order valence-electron chi connectivity index (χ3n) is 3.46. The molecule has 2 aromatic carbocycles. The number of nitrogens with one attached hydrogen (secondary N) is 3. The lowest BCUT2D eigenvalue weighted by Crippen LogP contribution is -2.37. The molecular weight excluding hydrogens is 328 g/mol. The molecule has 0 amide bonds. The highest BCUT2D eigenvalue weighted by molar-refractivity contribution is 7.89. The van der Waals surface area contributed by atoms with Gasteiger partial charge in [0.05, 0.1) is 10.9 Å². The number of hydrogen-bond acceptors (Lipinski definition) is 4. The molecule has 5 N–H and O–H groups in total. The van der Waals surface area contributed by atoms with E-state index in [9.17, 15) is 13.2 Å². The lowest BCUT2D eigenvalue weighted by atomic mass is 10.1. The lowest BCUT2D eigenvalue weighted by molar-refractivity contribution is 0.512. The van der Waals surface area contributed by atoms with E-state index < -0.39 is 16.1 Å². The molecule has 7 nitrogen and oxygen atoms in total. The summed E-state index contributed by atoms with van der Waals surface area (Å²) < 4.78 is 27.6. The van der Waals surface area contributed by atoms with E-state index in [1.807, 2.05) is 18.2 Å². The predicted octanol–water partition coefficient (Wildman–Crippen LogP) is 0.860. The molecule has 127 valence electrons. The van der Waals surface area contributed by atoms with Gasteiger partial charge in [-0.25, -0.2) is 13.1 Å². The molecular formula is C16H19N4O3S. The number of fused-ring (bicyclic) bond motifs is 1. The Morgan fingerprint density at radius 1 is 1.21 bits per heavy atom. The van der Waals surface area contributed by atoms with Gasteiger partial charge in [-0.05, 0) is 24.3 Å². The van der Waals surface area contributed by atoms with E-state index in [0.29, 0.717) is 18.4 Å². The molecule has 2 aromatic rings. The van der Waals surface area contributed by atoms with Gasteiger partial charge in [0, 0.05) is 11.9 Å². The summed E-state index contributed by atoms with van der Waals surface area (Å²) in [7, 11) is -3.85. The van der Waals surface area contributed by atoms with Gasteiger partial charge in [-0.15, -0.1) is 0 Å². The highest BCUT2D eigenvalue weighted by Crippen LogP contribution is 2.22. The number of carbonyl (C=O) groups excluding carboxylic acids is 1. The Labute approximate surface area is 140 Å². The van der Waals surface area contributed by atoms with Gasteiger partial charge >= 0.3 is 0 Å². The van der Waals surface area contributed by atoms with E-state index in [-0.39, 0.29) is 17.3 Å². The van der Waals surface area contributed by atoms with E-state index in [0.717, 1.165) is 5.39 Å². The third kappa shape index (κ3) is 4.53. The van der Waals surface area contributed by atoms with Gasteiger partial charge in [-0.1, -0.05) is 36.4 Å².